The van der Waals surface area contributed by atoms with Gasteiger partial charge in [-0.1, -0.05) is 18.2 Å². The molecule has 3 aliphatic rings. The summed E-state index contributed by atoms with van der Waals surface area (Å²) in [7, 11) is -4.58. The number of fused-ring (bicyclic) bond motifs is 3. The summed E-state index contributed by atoms with van der Waals surface area (Å²) in [4.78, 5) is 14.5. The molecule has 2 aromatic rings. The molecule has 2 aliphatic carbocycles. The highest BCUT2D eigenvalue weighted by atomic mass is 32.2. The van der Waals surface area contributed by atoms with Crippen molar-refractivity contribution in [3.05, 3.63) is 65.0 Å². The van der Waals surface area contributed by atoms with Crippen molar-refractivity contribution in [1.29, 1.82) is 5.26 Å². The van der Waals surface area contributed by atoms with Gasteiger partial charge in [-0.05, 0) is 73.9 Å². The molecule has 0 radical (unpaired) electrons. The molecule has 5 nitrogen and oxygen atoms in total. The van der Waals surface area contributed by atoms with Gasteiger partial charge in [0.15, 0.2) is 9.84 Å². The van der Waals surface area contributed by atoms with Gasteiger partial charge in [-0.2, -0.15) is 31.6 Å². The van der Waals surface area contributed by atoms with E-state index >= 15 is 0 Å². The number of likely N-dealkylation sites (tertiary alicyclic amines) is 1. The molecule has 41 heavy (non-hydrogen) atoms. The molecule has 1 saturated carbocycles. The molecular formula is C27H22F8N2O3S. The van der Waals surface area contributed by atoms with Gasteiger partial charge in [0.25, 0.3) is 0 Å². The van der Waals surface area contributed by atoms with E-state index in [0.29, 0.717) is 12.5 Å². The van der Waals surface area contributed by atoms with Crippen LogP contribution in [0.15, 0.2) is 47.4 Å². The van der Waals surface area contributed by atoms with E-state index in [1.165, 1.54) is 4.90 Å². The average Bonchev–Trinajstić information content (AvgIpc) is 3.28. The first kappa shape index (κ1) is 29.3. The minimum Gasteiger partial charge on any atom is -0.336 e. The number of halogens is 8. The van der Waals surface area contributed by atoms with Gasteiger partial charge < -0.3 is 4.90 Å². The summed E-state index contributed by atoms with van der Waals surface area (Å²) >= 11 is 0. The Bertz CT molecular complexity index is 1530. The second-order valence-corrected chi connectivity index (χ2v) is 12.9. The van der Waals surface area contributed by atoms with Crippen molar-refractivity contribution in [2.75, 3.05) is 6.54 Å². The fourth-order valence-corrected chi connectivity index (χ4v) is 8.84. The fourth-order valence-electron chi connectivity index (χ4n) is 6.48. The number of sulfone groups is 1. The lowest BCUT2D eigenvalue weighted by Gasteiger charge is -2.45. The van der Waals surface area contributed by atoms with Crippen molar-refractivity contribution in [2.45, 2.75) is 72.2 Å². The third-order valence-electron chi connectivity index (χ3n) is 8.76. The van der Waals surface area contributed by atoms with Crippen LogP contribution in [-0.4, -0.2) is 44.2 Å². The molecule has 5 rings (SSSR count). The highest BCUT2D eigenvalue weighted by molar-refractivity contribution is 7.92. The largest absolute Gasteiger partial charge is 0.435 e. The van der Waals surface area contributed by atoms with E-state index in [1.54, 1.807) is 0 Å². The number of hydrogen-bond acceptors (Lipinski definition) is 4. The number of benzene rings is 2. The van der Waals surface area contributed by atoms with Gasteiger partial charge in [0, 0.05) is 12.1 Å². The number of amides is 1. The molecule has 2 fully saturated rings. The summed E-state index contributed by atoms with van der Waals surface area (Å²) in [6.07, 6.45) is -12.3. The van der Waals surface area contributed by atoms with E-state index in [0.717, 1.165) is 30.3 Å². The average molecular weight is 607 g/mol. The second-order valence-electron chi connectivity index (χ2n) is 10.7. The lowest BCUT2D eigenvalue weighted by molar-refractivity contribution is -0.348. The molecule has 1 heterocycles. The van der Waals surface area contributed by atoms with Crippen LogP contribution in [0.2, 0.25) is 0 Å². The van der Waals surface area contributed by atoms with Gasteiger partial charge in [-0.25, -0.2) is 17.2 Å². The van der Waals surface area contributed by atoms with Gasteiger partial charge in [-0.3, -0.25) is 4.79 Å². The molecule has 0 N–H and O–H groups in total. The zero-order valence-corrected chi connectivity index (χ0v) is 21.9. The molecule has 0 aromatic heterocycles. The zero-order chi connectivity index (χ0) is 30.2. The summed E-state index contributed by atoms with van der Waals surface area (Å²) in [5.41, 5.74) is -9.22. The Morgan fingerprint density at radius 2 is 1.56 bits per heavy atom. The topological polar surface area (TPSA) is 78.2 Å². The van der Waals surface area contributed by atoms with Gasteiger partial charge >= 0.3 is 18.0 Å². The molecular weight excluding hydrogens is 584 g/mol. The molecule has 0 spiro atoms. The summed E-state index contributed by atoms with van der Waals surface area (Å²) in [5.74, 6) is -1.35. The number of hydrogen-bond donors (Lipinski definition) is 0. The quantitative estimate of drug-likeness (QED) is 0.315. The van der Waals surface area contributed by atoms with Crippen LogP contribution in [-0.2, 0) is 31.5 Å². The molecule has 14 heteroatoms. The van der Waals surface area contributed by atoms with E-state index in [1.807, 2.05) is 6.07 Å². The van der Waals surface area contributed by atoms with Gasteiger partial charge in [0.1, 0.15) is 16.0 Å². The van der Waals surface area contributed by atoms with Crippen molar-refractivity contribution in [3.8, 4) is 6.07 Å². The third-order valence-corrected chi connectivity index (χ3v) is 11.3. The molecule has 0 bridgehead atoms. The Labute approximate surface area is 229 Å². The predicted molar refractivity (Wildman–Crippen MR) is 127 cm³/mol. The molecule has 0 unspecified atom stereocenters. The maximum atomic E-state index is 14.9. The van der Waals surface area contributed by atoms with Gasteiger partial charge in [0.2, 0.25) is 5.91 Å². The van der Waals surface area contributed by atoms with Crippen LogP contribution in [0.5, 0.6) is 0 Å². The smallest absolute Gasteiger partial charge is 0.336 e. The highest BCUT2D eigenvalue weighted by Crippen LogP contribution is 2.57. The van der Waals surface area contributed by atoms with E-state index in [9.17, 15) is 53.6 Å². The summed E-state index contributed by atoms with van der Waals surface area (Å²) < 4.78 is 136. The van der Waals surface area contributed by atoms with Crippen LogP contribution in [0.1, 0.15) is 48.8 Å². The van der Waals surface area contributed by atoms with Crippen LogP contribution >= 0.6 is 0 Å². The maximum Gasteiger partial charge on any atom is 0.435 e. The molecule has 1 aliphatic heterocycles. The SMILES string of the molecule is N#CC1(C(=O)N2CC[C@]3(S(=O)(=O)c4ccc(F)cc4)c4ccc(C(F)(C(F)(F)F)C(F)(F)F)cc4CC[C@H]23)CCC1. The standard InChI is InChI=1S/C27H22F8N2O3S/c28-18-4-6-19(7-5-18)41(39,40)24-12-13-37(22(38)23(15-36)10-1-11-23)21(24)9-2-16-14-17(3-8-20(16)24)25(29,26(30,31)32)27(33,34)35/h3-8,14,21H,1-2,9-13H2/t21-,24-/m0/s1. The lowest BCUT2D eigenvalue weighted by atomic mass is 9.68. The summed E-state index contributed by atoms with van der Waals surface area (Å²) in [6, 6.07) is 6.02. The predicted octanol–water partition coefficient (Wildman–Crippen LogP) is 6.03. The molecule has 2 atom stereocenters. The van der Waals surface area contributed by atoms with Crippen molar-refractivity contribution >= 4 is 15.7 Å². The van der Waals surface area contributed by atoms with Crippen molar-refractivity contribution in [1.82, 2.24) is 4.90 Å². The zero-order valence-electron chi connectivity index (χ0n) is 21.1. The Morgan fingerprint density at radius 3 is 2.07 bits per heavy atom. The summed E-state index contributed by atoms with van der Waals surface area (Å²) in [5, 5.41) is 9.72. The normalized spacial score (nSPS) is 24.2. The van der Waals surface area contributed by atoms with E-state index < -0.39 is 61.4 Å². The number of nitriles is 1. The number of carbonyl (C=O) groups is 1. The van der Waals surface area contributed by atoms with Crippen LogP contribution in [0.25, 0.3) is 0 Å². The Balaban J connectivity index is 1.71. The number of aryl methyl sites for hydroxylation is 1. The van der Waals surface area contributed by atoms with Gasteiger partial charge in [0.05, 0.1) is 17.0 Å². The minimum atomic E-state index is -6.36. The number of carbonyl (C=O) groups excluding carboxylic acids is 1. The Hall–Kier alpha value is -3.21. The molecule has 1 saturated heterocycles. The highest BCUT2D eigenvalue weighted by Gasteiger charge is 2.74. The van der Waals surface area contributed by atoms with Crippen LogP contribution in [0, 0.1) is 22.6 Å². The molecule has 220 valence electrons. The maximum absolute atomic E-state index is 14.9. The Kier molecular flexibility index (Phi) is 6.53. The second kappa shape index (κ2) is 9.14. The monoisotopic (exact) mass is 606 g/mol. The molecule has 2 aromatic carbocycles. The number of rotatable bonds is 4. The number of alkyl halides is 7. The third kappa shape index (κ3) is 3.90. The van der Waals surface area contributed by atoms with Gasteiger partial charge in [-0.15, -0.1) is 0 Å². The summed E-state index contributed by atoms with van der Waals surface area (Å²) in [6.45, 7) is -0.160. The van der Waals surface area contributed by atoms with E-state index in [-0.39, 0.29) is 60.7 Å². The first-order valence-electron chi connectivity index (χ1n) is 12.6. The first-order chi connectivity index (χ1) is 19.0. The van der Waals surface area contributed by atoms with Crippen LogP contribution in [0.3, 0.4) is 0 Å². The first-order valence-corrected chi connectivity index (χ1v) is 14.1. The molecule has 1 amide bonds. The van der Waals surface area contributed by atoms with Crippen LogP contribution < -0.4 is 0 Å². The number of nitrogens with zero attached hydrogens (tertiary/aromatic N) is 2. The van der Waals surface area contributed by atoms with Crippen molar-refractivity contribution in [3.63, 3.8) is 0 Å². The Morgan fingerprint density at radius 1 is 0.951 bits per heavy atom. The van der Waals surface area contributed by atoms with E-state index in [4.69, 9.17) is 0 Å². The minimum absolute atomic E-state index is 0.160. The lowest BCUT2D eigenvalue weighted by Crippen LogP contribution is -2.56. The fraction of sp³-hybridized carbons (Fsp3) is 0.481. The van der Waals surface area contributed by atoms with Crippen LogP contribution in [0.4, 0.5) is 35.1 Å². The van der Waals surface area contributed by atoms with Crippen molar-refractivity contribution in [2.24, 2.45) is 5.41 Å². The van der Waals surface area contributed by atoms with E-state index in [2.05, 4.69) is 0 Å². The van der Waals surface area contributed by atoms with Crippen molar-refractivity contribution < 1.29 is 48.3 Å².